The van der Waals surface area contributed by atoms with Crippen LogP contribution >= 0.6 is 7.60 Å². The number of piperazine rings is 2. The van der Waals surface area contributed by atoms with E-state index in [-0.39, 0.29) is 13.2 Å². The van der Waals surface area contributed by atoms with Gasteiger partial charge in [-0.25, -0.2) is 16.8 Å². The smallest absolute Gasteiger partial charge is 0.347 e. The number of hydrogen-bond donors (Lipinski definition) is 0. The molecule has 0 aliphatic carbocycles. The van der Waals surface area contributed by atoms with Crippen molar-refractivity contribution in [2.75, 3.05) is 87.1 Å². The number of para-hydroxylation sites is 2. The summed E-state index contributed by atoms with van der Waals surface area (Å²) in [6, 6.07) is 20.1. The highest BCUT2D eigenvalue weighted by atomic mass is 32.2. The molecule has 2 fully saturated rings. The average Bonchev–Trinajstić information content (AvgIpc) is 3.07. The van der Waals surface area contributed by atoms with E-state index in [0.29, 0.717) is 52.4 Å². The number of fused-ring (bicyclic) bond motifs is 2. The van der Waals surface area contributed by atoms with Gasteiger partial charge in [-0.1, -0.05) is 36.4 Å². The SMILES string of the molecule is CCOP(=O)(CS(=O)(=O)N1CCN(c2cc(C)nc3ccccc23)CC1)OCC.Cc1cc(N2CCN(S(C)(=O)=O)CC2)c2ccccc2n1. The Morgan fingerprint density at radius 2 is 1.06 bits per heavy atom. The summed E-state index contributed by atoms with van der Waals surface area (Å²) >= 11 is 0. The summed E-state index contributed by atoms with van der Waals surface area (Å²) in [6.45, 7) is 11.7. The lowest BCUT2D eigenvalue weighted by Crippen LogP contribution is -2.49. The van der Waals surface area contributed by atoms with Crippen LogP contribution in [0, 0.1) is 13.8 Å². The van der Waals surface area contributed by atoms with Gasteiger partial charge in [0.1, 0.15) is 0 Å². The van der Waals surface area contributed by atoms with E-state index in [9.17, 15) is 21.4 Å². The summed E-state index contributed by atoms with van der Waals surface area (Å²) in [6.07, 6.45) is 1.27. The third-order valence-corrected chi connectivity index (χ3v) is 15.0. The Bertz CT molecular complexity index is 2060. The molecule has 0 amide bonds. The van der Waals surface area contributed by atoms with Crippen molar-refractivity contribution in [1.82, 2.24) is 18.6 Å². The summed E-state index contributed by atoms with van der Waals surface area (Å²) in [5.41, 5.74) is 5.38. The van der Waals surface area contributed by atoms with Crippen molar-refractivity contribution in [3.63, 3.8) is 0 Å². The molecule has 0 unspecified atom stereocenters. The quantitative estimate of drug-likeness (QED) is 0.206. The first-order valence-corrected chi connectivity index (χ1v) is 22.0. The molecule has 0 spiro atoms. The maximum atomic E-state index is 12.8. The molecule has 0 bridgehead atoms. The number of aromatic nitrogens is 2. The Labute approximate surface area is 295 Å². The third-order valence-electron chi connectivity index (χ3n) is 8.64. The van der Waals surface area contributed by atoms with Crippen molar-refractivity contribution in [3.8, 4) is 0 Å². The number of pyridine rings is 2. The monoisotopic (exact) mass is 746 g/mol. The van der Waals surface area contributed by atoms with Crippen LogP contribution in [-0.2, 0) is 33.7 Å². The molecule has 2 aliphatic heterocycles. The van der Waals surface area contributed by atoms with Crippen LogP contribution in [0.15, 0.2) is 60.7 Å². The van der Waals surface area contributed by atoms with Crippen LogP contribution in [-0.4, -0.2) is 113 Å². The highest BCUT2D eigenvalue weighted by molar-refractivity contribution is 7.95. The van der Waals surface area contributed by atoms with Gasteiger partial charge in [0.25, 0.3) is 0 Å². The van der Waals surface area contributed by atoms with Crippen molar-refractivity contribution in [2.24, 2.45) is 0 Å². The summed E-state index contributed by atoms with van der Waals surface area (Å²) in [5.74, 6) is 0. The van der Waals surface area contributed by atoms with Crippen molar-refractivity contribution in [2.45, 2.75) is 27.7 Å². The van der Waals surface area contributed by atoms with Crippen molar-refractivity contribution in [3.05, 3.63) is 72.1 Å². The molecular formula is C34H47N6O7PS2. The molecule has 4 aromatic rings. The molecule has 4 heterocycles. The molecule has 13 nitrogen and oxygen atoms in total. The maximum absolute atomic E-state index is 12.8. The van der Waals surface area contributed by atoms with Crippen molar-refractivity contribution in [1.29, 1.82) is 0 Å². The van der Waals surface area contributed by atoms with Crippen molar-refractivity contribution >= 4 is 60.8 Å². The topological polar surface area (TPSA) is 143 Å². The first kappa shape index (κ1) is 38.1. The minimum Gasteiger partial charge on any atom is -0.368 e. The number of hydrogen-bond acceptors (Lipinski definition) is 11. The van der Waals surface area contributed by atoms with Crippen LogP contribution in [0.2, 0.25) is 0 Å². The van der Waals surface area contributed by atoms with Crippen LogP contribution in [0.4, 0.5) is 11.4 Å². The normalized spacial score (nSPS) is 16.8. The van der Waals surface area contributed by atoms with E-state index in [0.717, 1.165) is 44.6 Å². The van der Waals surface area contributed by atoms with Gasteiger partial charge >= 0.3 is 7.60 Å². The van der Waals surface area contributed by atoms with Gasteiger partial charge in [0.15, 0.2) is 5.49 Å². The molecule has 2 saturated heterocycles. The molecule has 0 radical (unpaired) electrons. The number of anilines is 2. The lowest BCUT2D eigenvalue weighted by molar-refractivity contribution is 0.223. The molecule has 0 N–H and O–H groups in total. The highest BCUT2D eigenvalue weighted by Gasteiger charge is 2.37. The standard InChI is InChI=1S/C19H28N3O5PS.C15H19N3O2S/c1-4-26-28(23,27-5-2)15-29(24,25)22-12-10-21(11-13-22)19-14-16(3)20-18-9-7-6-8-17(18)19;1-12-11-15(13-5-3-4-6-14(13)16-12)17-7-9-18(10-8-17)21(2,19)20/h6-9,14H,4-5,10-13,15H2,1-3H3;3-6,11H,7-10H2,1-2H3. The zero-order chi connectivity index (χ0) is 36.1. The molecule has 16 heteroatoms. The predicted molar refractivity (Wildman–Crippen MR) is 200 cm³/mol. The zero-order valence-corrected chi connectivity index (χ0v) is 31.9. The second-order valence-corrected chi connectivity index (χ2v) is 18.8. The zero-order valence-electron chi connectivity index (χ0n) is 29.4. The fourth-order valence-electron chi connectivity index (χ4n) is 6.35. The van der Waals surface area contributed by atoms with Crippen LogP contribution in [0.3, 0.4) is 0 Å². The molecule has 2 aromatic carbocycles. The van der Waals surface area contributed by atoms with E-state index in [4.69, 9.17) is 9.05 Å². The fraction of sp³-hybridized carbons (Fsp3) is 0.471. The highest BCUT2D eigenvalue weighted by Crippen LogP contribution is 2.49. The Morgan fingerprint density at radius 3 is 1.46 bits per heavy atom. The maximum Gasteiger partial charge on any atom is 0.347 e. The van der Waals surface area contributed by atoms with Gasteiger partial charge in [0.05, 0.1) is 30.5 Å². The summed E-state index contributed by atoms with van der Waals surface area (Å²) in [7, 11) is -10.5. The van der Waals surface area contributed by atoms with Crippen LogP contribution in [0.25, 0.3) is 21.8 Å². The van der Waals surface area contributed by atoms with E-state index in [1.165, 1.54) is 10.6 Å². The molecule has 50 heavy (non-hydrogen) atoms. The Kier molecular flexibility index (Phi) is 12.2. The largest absolute Gasteiger partial charge is 0.368 e. The van der Waals surface area contributed by atoms with E-state index < -0.39 is 33.1 Å². The molecule has 272 valence electrons. The average molecular weight is 747 g/mol. The molecule has 6 rings (SSSR count). The second-order valence-electron chi connectivity index (χ2n) is 12.3. The number of aryl methyl sites for hydroxylation is 2. The molecule has 2 aromatic heterocycles. The van der Waals surface area contributed by atoms with Gasteiger partial charge in [0, 0.05) is 85.9 Å². The minimum atomic E-state index is -3.76. The molecule has 2 aliphatic rings. The van der Waals surface area contributed by atoms with Crippen LogP contribution < -0.4 is 9.80 Å². The van der Waals surface area contributed by atoms with Gasteiger partial charge in [-0.15, -0.1) is 0 Å². The second kappa shape index (κ2) is 16.0. The number of sulfonamides is 2. The van der Waals surface area contributed by atoms with Crippen LogP contribution in [0.1, 0.15) is 25.2 Å². The van der Waals surface area contributed by atoms with E-state index in [1.807, 2.05) is 62.4 Å². The Hall–Kier alpha value is -3.17. The minimum absolute atomic E-state index is 0.134. The van der Waals surface area contributed by atoms with E-state index in [1.54, 1.807) is 18.2 Å². The first-order chi connectivity index (χ1) is 23.7. The van der Waals surface area contributed by atoms with Gasteiger partial charge in [-0.3, -0.25) is 14.5 Å². The first-order valence-electron chi connectivity index (χ1n) is 16.8. The Morgan fingerprint density at radius 1 is 0.660 bits per heavy atom. The summed E-state index contributed by atoms with van der Waals surface area (Å²) in [4.78, 5) is 13.5. The lowest BCUT2D eigenvalue weighted by Gasteiger charge is -2.36. The fourth-order valence-corrected chi connectivity index (χ4v) is 11.6. The van der Waals surface area contributed by atoms with E-state index in [2.05, 4.69) is 31.9 Å². The van der Waals surface area contributed by atoms with Gasteiger partial charge in [-0.2, -0.15) is 8.61 Å². The predicted octanol–water partition coefficient (Wildman–Crippen LogP) is 4.84. The van der Waals surface area contributed by atoms with E-state index >= 15 is 0 Å². The number of benzene rings is 2. The van der Waals surface area contributed by atoms with Gasteiger partial charge in [0.2, 0.25) is 20.0 Å². The lowest BCUT2D eigenvalue weighted by atomic mass is 10.1. The Balaban J connectivity index is 0.000000204. The molecule has 0 atom stereocenters. The van der Waals surface area contributed by atoms with Crippen LogP contribution in [0.5, 0.6) is 0 Å². The van der Waals surface area contributed by atoms with Gasteiger partial charge < -0.3 is 18.8 Å². The summed E-state index contributed by atoms with van der Waals surface area (Å²) < 4.78 is 74.7. The molecular weight excluding hydrogens is 700 g/mol. The van der Waals surface area contributed by atoms with Crippen molar-refractivity contribution < 1.29 is 30.4 Å². The number of nitrogens with zero attached hydrogens (tertiary/aromatic N) is 6. The number of rotatable bonds is 10. The molecule has 0 saturated carbocycles. The van der Waals surface area contributed by atoms with Gasteiger partial charge in [-0.05, 0) is 52.0 Å². The summed E-state index contributed by atoms with van der Waals surface area (Å²) in [5, 5.41) is 2.17. The third kappa shape index (κ3) is 9.19.